The summed E-state index contributed by atoms with van der Waals surface area (Å²) in [5.74, 6) is 2.76. The van der Waals surface area contributed by atoms with Crippen LogP contribution in [0.25, 0.3) is 6.08 Å². The van der Waals surface area contributed by atoms with Gasteiger partial charge in [0.05, 0.1) is 13.7 Å². The summed E-state index contributed by atoms with van der Waals surface area (Å²) in [6.07, 6.45) is 6.92. The number of hydrogen-bond donors (Lipinski definition) is 1. The summed E-state index contributed by atoms with van der Waals surface area (Å²) in [7, 11) is 1.62. The number of nitrogens with one attached hydrogen (secondary N) is 1. The second kappa shape index (κ2) is 10.5. The number of piperidine rings is 1. The first kappa shape index (κ1) is 20.6. The Morgan fingerprint density at radius 1 is 1.17 bits per heavy atom. The largest absolute Gasteiger partial charge is 0.497 e. The van der Waals surface area contributed by atoms with E-state index in [2.05, 4.69) is 20.2 Å². The average molecular weight is 396 g/mol. The number of carbonyl (C=O) groups excluding carboxylic acids is 1. The van der Waals surface area contributed by atoms with Crippen LogP contribution in [0.1, 0.15) is 30.7 Å². The van der Waals surface area contributed by atoms with Gasteiger partial charge in [0.25, 0.3) is 0 Å². The van der Waals surface area contributed by atoms with Crippen LogP contribution >= 0.6 is 0 Å². The average Bonchev–Trinajstić information content (AvgIpc) is 2.76. The number of amides is 1. The number of ether oxygens (including phenoxy) is 2. The topological polar surface area (TPSA) is 76.6 Å². The zero-order chi connectivity index (χ0) is 20.5. The Hall–Kier alpha value is -3.09. The van der Waals surface area contributed by atoms with E-state index in [-0.39, 0.29) is 5.91 Å². The zero-order valence-electron chi connectivity index (χ0n) is 17.1. The summed E-state index contributed by atoms with van der Waals surface area (Å²) < 4.78 is 10.8. The highest BCUT2D eigenvalue weighted by Gasteiger charge is 2.14. The fraction of sp³-hybridized carbons (Fsp3) is 0.409. The Bertz CT molecular complexity index is 830. The van der Waals surface area contributed by atoms with Gasteiger partial charge in [-0.15, -0.1) is 0 Å². The van der Waals surface area contributed by atoms with Crippen LogP contribution in [0.15, 0.2) is 36.4 Å². The molecular formula is C22H28N4O3. The SMILES string of the molecule is COc1ccc(C=CC(=O)NCCOc2cc(N3CCCCC3)nc(C)n2)cc1. The predicted octanol–water partition coefficient (Wildman–Crippen LogP) is 2.99. The zero-order valence-corrected chi connectivity index (χ0v) is 17.1. The summed E-state index contributed by atoms with van der Waals surface area (Å²) in [5, 5.41) is 2.81. The summed E-state index contributed by atoms with van der Waals surface area (Å²) >= 11 is 0. The molecule has 7 heteroatoms. The molecule has 0 radical (unpaired) electrons. The highest BCUT2D eigenvalue weighted by atomic mass is 16.5. The Balaban J connectivity index is 1.44. The Kier molecular flexibility index (Phi) is 7.44. The van der Waals surface area contributed by atoms with Gasteiger partial charge in [0.1, 0.15) is 24.0 Å². The van der Waals surface area contributed by atoms with Gasteiger partial charge in [0.15, 0.2) is 0 Å². The van der Waals surface area contributed by atoms with Crippen molar-refractivity contribution in [1.29, 1.82) is 0 Å². The Labute approximate surface area is 171 Å². The maximum Gasteiger partial charge on any atom is 0.244 e. The molecule has 1 saturated heterocycles. The molecule has 0 aliphatic carbocycles. The fourth-order valence-electron chi connectivity index (χ4n) is 3.16. The lowest BCUT2D eigenvalue weighted by Crippen LogP contribution is -2.30. The van der Waals surface area contributed by atoms with Gasteiger partial charge in [0, 0.05) is 25.2 Å². The Morgan fingerprint density at radius 2 is 1.93 bits per heavy atom. The standard InChI is InChI=1S/C22H28N4O3/c1-17-24-20(26-13-4-3-5-14-26)16-22(25-17)29-15-12-23-21(27)11-8-18-6-9-19(28-2)10-7-18/h6-11,16H,3-5,12-15H2,1-2H3,(H,23,27). The van der Waals surface area contributed by atoms with Gasteiger partial charge in [-0.1, -0.05) is 12.1 Å². The predicted molar refractivity (Wildman–Crippen MR) is 113 cm³/mol. The minimum atomic E-state index is -0.169. The van der Waals surface area contributed by atoms with Crippen LogP contribution in [0.2, 0.25) is 0 Å². The van der Waals surface area contributed by atoms with Gasteiger partial charge in [-0.2, -0.15) is 4.98 Å². The van der Waals surface area contributed by atoms with Crippen molar-refractivity contribution in [3.63, 3.8) is 0 Å². The molecule has 0 unspecified atom stereocenters. The molecule has 1 fully saturated rings. The van der Waals surface area contributed by atoms with E-state index in [1.54, 1.807) is 13.2 Å². The van der Waals surface area contributed by atoms with Crippen molar-refractivity contribution < 1.29 is 14.3 Å². The van der Waals surface area contributed by atoms with E-state index >= 15 is 0 Å². The van der Waals surface area contributed by atoms with Gasteiger partial charge in [-0.3, -0.25) is 4.79 Å². The second-order valence-corrected chi connectivity index (χ2v) is 6.91. The summed E-state index contributed by atoms with van der Waals surface area (Å²) in [4.78, 5) is 23.1. The first-order chi connectivity index (χ1) is 14.1. The molecule has 3 rings (SSSR count). The van der Waals surface area contributed by atoms with Gasteiger partial charge in [-0.25, -0.2) is 4.98 Å². The van der Waals surface area contributed by atoms with Crippen molar-refractivity contribution in [2.75, 3.05) is 38.3 Å². The molecule has 0 spiro atoms. The summed E-state index contributed by atoms with van der Waals surface area (Å²) in [6, 6.07) is 9.37. The molecule has 1 aliphatic heterocycles. The molecular weight excluding hydrogens is 368 g/mol. The Morgan fingerprint density at radius 3 is 2.66 bits per heavy atom. The van der Waals surface area contributed by atoms with Crippen molar-refractivity contribution in [3.05, 3.63) is 47.8 Å². The van der Waals surface area contributed by atoms with Crippen molar-refractivity contribution in [1.82, 2.24) is 15.3 Å². The minimum absolute atomic E-state index is 0.169. The number of anilines is 1. The molecule has 0 bridgehead atoms. The summed E-state index contributed by atoms with van der Waals surface area (Å²) in [6.45, 7) is 4.65. The molecule has 7 nitrogen and oxygen atoms in total. The number of carbonyl (C=O) groups is 1. The highest BCUT2D eigenvalue weighted by molar-refractivity contribution is 5.91. The molecule has 1 N–H and O–H groups in total. The van der Waals surface area contributed by atoms with Crippen LogP contribution in [0.3, 0.4) is 0 Å². The number of rotatable bonds is 8. The molecule has 2 aromatic rings. The molecule has 154 valence electrons. The number of aromatic nitrogens is 2. The third-order valence-corrected chi connectivity index (χ3v) is 4.68. The number of benzene rings is 1. The van der Waals surface area contributed by atoms with Crippen molar-refractivity contribution in [2.24, 2.45) is 0 Å². The van der Waals surface area contributed by atoms with Gasteiger partial charge < -0.3 is 19.7 Å². The van der Waals surface area contributed by atoms with E-state index < -0.39 is 0 Å². The van der Waals surface area contributed by atoms with Crippen LogP contribution < -0.4 is 19.7 Å². The number of methoxy groups -OCH3 is 1. The summed E-state index contributed by atoms with van der Waals surface area (Å²) in [5.41, 5.74) is 0.930. The molecule has 2 heterocycles. The molecule has 1 amide bonds. The smallest absolute Gasteiger partial charge is 0.244 e. The molecule has 0 saturated carbocycles. The van der Waals surface area contributed by atoms with E-state index in [1.807, 2.05) is 37.3 Å². The first-order valence-electron chi connectivity index (χ1n) is 9.97. The lowest BCUT2D eigenvalue weighted by molar-refractivity contribution is -0.116. The van der Waals surface area contributed by atoms with Crippen LogP contribution in [0.4, 0.5) is 5.82 Å². The van der Waals surface area contributed by atoms with E-state index in [9.17, 15) is 4.79 Å². The van der Waals surface area contributed by atoms with Crippen LogP contribution in [-0.4, -0.2) is 49.2 Å². The second-order valence-electron chi connectivity index (χ2n) is 6.91. The molecule has 1 aromatic heterocycles. The fourth-order valence-corrected chi connectivity index (χ4v) is 3.16. The van der Waals surface area contributed by atoms with E-state index in [0.717, 1.165) is 30.2 Å². The lowest BCUT2D eigenvalue weighted by Gasteiger charge is -2.28. The van der Waals surface area contributed by atoms with E-state index in [4.69, 9.17) is 9.47 Å². The van der Waals surface area contributed by atoms with E-state index in [1.165, 1.54) is 25.3 Å². The maximum atomic E-state index is 12.0. The number of hydrogen-bond acceptors (Lipinski definition) is 6. The van der Waals surface area contributed by atoms with Crippen LogP contribution in [-0.2, 0) is 4.79 Å². The first-order valence-corrected chi connectivity index (χ1v) is 9.97. The van der Waals surface area contributed by atoms with Gasteiger partial charge in [-0.05, 0) is 50.0 Å². The maximum absolute atomic E-state index is 12.0. The molecule has 0 atom stereocenters. The quantitative estimate of drug-likeness (QED) is 0.546. The monoisotopic (exact) mass is 396 g/mol. The van der Waals surface area contributed by atoms with Crippen molar-refractivity contribution in [2.45, 2.75) is 26.2 Å². The molecule has 29 heavy (non-hydrogen) atoms. The molecule has 1 aromatic carbocycles. The normalized spacial score (nSPS) is 14.1. The van der Waals surface area contributed by atoms with E-state index in [0.29, 0.717) is 24.9 Å². The lowest BCUT2D eigenvalue weighted by atomic mass is 10.1. The molecule has 1 aliphatic rings. The minimum Gasteiger partial charge on any atom is -0.497 e. The van der Waals surface area contributed by atoms with Gasteiger partial charge in [0.2, 0.25) is 11.8 Å². The van der Waals surface area contributed by atoms with Crippen LogP contribution in [0, 0.1) is 6.92 Å². The van der Waals surface area contributed by atoms with Crippen molar-refractivity contribution in [3.8, 4) is 11.6 Å². The van der Waals surface area contributed by atoms with Crippen molar-refractivity contribution >= 4 is 17.8 Å². The third kappa shape index (κ3) is 6.48. The third-order valence-electron chi connectivity index (χ3n) is 4.68. The van der Waals surface area contributed by atoms with Crippen LogP contribution in [0.5, 0.6) is 11.6 Å². The number of aryl methyl sites for hydroxylation is 1. The number of nitrogens with zero attached hydrogens (tertiary/aromatic N) is 3. The van der Waals surface area contributed by atoms with Gasteiger partial charge >= 0.3 is 0 Å². The highest BCUT2D eigenvalue weighted by Crippen LogP contribution is 2.21.